The van der Waals surface area contributed by atoms with Gasteiger partial charge in [-0.05, 0) is 0 Å². The molecule has 1 aromatic carbocycles. The van der Waals surface area contributed by atoms with Gasteiger partial charge in [-0.1, -0.05) is 0 Å². The van der Waals surface area contributed by atoms with Gasteiger partial charge in [0, 0.05) is 0 Å². The molecule has 0 aliphatic carbocycles. The predicted molar refractivity (Wildman–Crippen MR) is 55.6 cm³/mol. The van der Waals surface area contributed by atoms with E-state index >= 15 is 0 Å². The third-order valence-corrected chi connectivity index (χ3v) is 3.89. The molecular weight excluding hydrogens is 330 g/mol. The first-order chi connectivity index (χ1) is 5.65. The summed E-state index contributed by atoms with van der Waals surface area (Å²) in [5.41, 5.74) is 0.487. The van der Waals surface area contributed by atoms with Crippen LogP contribution in [0.4, 0.5) is 0 Å². The molecule has 0 aliphatic rings. The summed E-state index contributed by atoms with van der Waals surface area (Å²) in [6.07, 6.45) is 0. The van der Waals surface area contributed by atoms with Crippen molar-refractivity contribution in [1.82, 2.24) is 0 Å². The Bertz CT molecular complexity index is 316. The molecule has 12 heavy (non-hydrogen) atoms. The fourth-order valence-electron chi connectivity index (χ4n) is 0.723. The predicted octanol–water partition coefficient (Wildman–Crippen LogP) is 2.31. The van der Waals surface area contributed by atoms with E-state index in [1.54, 1.807) is 12.1 Å². The molecule has 0 atom stereocenters. The van der Waals surface area contributed by atoms with E-state index in [-0.39, 0.29) is 14.0 Å². The summed E-state index contributed by atoms with van der Waals surface area (Å²) < 4.78 is 1.64. The molecule has 1 nitrogen and oxygen atoms in total. The maximum atomic E-state index is 10.9. The average molecular weight is 333 g/mol. The maximum absolute atomic E-state index is 10.9. The van der Waals surface area contributed by atoms with Gasteiger partial charge in [0.1, 0.15) is 0 Å². The Morgan fingerprint density at radius 3 is 2.67 bits per heavy atom. The quantitative estimate of drug-likeness (QED) is 0.600. The Morgan fingerprint density at radius 2 is 2.17 bits per heavy atom. The van der Waals surface area contributed by atoms with Crippen LogP contribution >= 0.6 is 37.6 Å². The standard InChI is InChI=1S/C7H3BrCl2OSe/c8-4-1-2-6(12-10)5(3-4)7(9)11/h1-3H. The fraction of sp³-hybridized carbons (Fsp3) is 0. The van der Waals surface area contributed by atoms with Gasteiger partial charge in [-0.3, -0.25) is 0 Å². The van der Waals surface area contributed by atoms with Crippen molar-refractivity contribution in [2.75, 3.05) is 0 Å². The second-order valence-corrected chi connectivity index (χ2v) is 5.30. The van der Waals surface area contributed by atoms with Crippen molar-refractivity contribution in [1.29, 1.82) is 0 Å². The van der Waals surface area contributed by atoms with Gasteiger partial charge in [0.05, 0.1) is 0 Å². The molecule has 0 N–H and O–H groups in total. The average Bonchev–Trinajstić information content (AvgIpc) is 2.04. The van der Waals surface area contributed by atoms with E-state index in [4.69, 9.17) is 21.7 Å². The molecule has 1 aromatic rings. The van der Waals surface area contributed by atoms with Crippen LogP contribution in [-0.2, 0) is 0 Å². The van der Waals surface area contributed by atoms with Gasteiger partial charge >= 0.3 is 94.4 Å². The van der Waals surface area contributed by atoms with Crippen LogP contribution < -0.4 is 4.46 Å². The van der Waals surface area contributed by atoms with Crippen LogP contribution in [-0.4, -0.2) is 19.3 Å². The van der Waals surface area contributed by atoms with Gasteiger partial charge in [-0.15, -0.1) is 0 Å². The van der Waals surface area contributed by atoms with E-state index in [1.807, 2.05) is 6.07 Å². The van der Waals surface area contributed by atoms with Gasteiger partial charge in [-0.25, -0.2) is 0 Å². The summed E-state index contributed by atoms with van der Waals surface area (Å²) in [4.78, 5) is 10.9. The molecule has 0 unspecified atom stereocenters. The summed E-state index contributed by atoms with van der Waals surface area (Å²) >= 11 is 8.38. The van der Waals surface area contributed by atoms with Gasteiger partial charge in [-0.2, -0.15) is 0 Å². The van der Waals surface area contributed by atoms with Crippen molar-refractivity contribution in [3.8, 4) is 0 Å². The fourth-order valence-corrected chi connectivity index (χ4v) is 2.81. The van der Waals surface area contributed by atoms with Crippen molar-refractivity contribution in [3.63, 3.8) is 0 Å². The zero-order valence-corrected chi connectivity index (χ0v) is 10.5. The normalized spacial score (nSPS) is 9.92. The Kier molecular flexibility index (Phi) is 4.07. The minimum atomic E-state index is -0.464. The molecule has 0 amide bonds. The van der Waals surface area contributed by atoms with Crippen molar-refractivity contribution < 1.29 is 4.79 Å². The van der Waals surface area contributed by atoms with E-state index in [9.17, 15) is 4.79 Å². The molecule has 0 radical (unpaired) electrons. The van der Waals surface area contributed by atoms with Crippen LogP contribution in [0.5, 0.6) is 0 Å². The van der Waals surface area contributed by atoms with E-state index in [0.29, 0.717) is 5.56 Å². The van der Waals surface area contributed by atoms with Gasteiger partial charge < -0.3 is 0 Å². The van der Waals surface area contributed by atoms with Gasteiger partial charge in [0.25, 0.3) is 0 Å². The third-order valence-electron chi connectivity index (χ3n) is 1.24. The van der Waals surface area contributed by atoms with Crippen LogP contribution in [0.15, 0.2) is 22.7 Å². The number of carbonyl (C=O) groups excluding carboxylic acids is 1. The summed E-state index contributed by atoms with van der Waals surface area (Å²) in [5, 5.41) is -0.464. The van der Waals surface area contributed by atoms with Crippen LogP contribution in [0, 0.1) is 0 Å². The van der Waals surface area contributed by atoms with Crippen LogP contribution in [0.1, 0.15) is 10.4 Å². The number of benzene rings is 1. The molecule has 0 saturated carbocycles. The SMILES string of the molecule is O=C(Cl)c1cc(Br)ccc1[Se]Cl. The molecule has 0 aliphatic heterocycles. The Labute approximate surface area is 93.9 Å². The Morgan fingerprint density at radius 1 is 1.50 bits per heavy atom. The second kappa shape index (κ2) is 4.63. The first-order valence-corrected chi connectivity index (χ1v) is 7.21. The number of carbonyl (C=O) groups is 1. The van der Waals surface area contributed by atoms with Crippen LogP contribution in [0.2, 0.25) is 0 Å². The summed E-state index contributed by atoms with van der Waals surface area (Å²) in [6, 6.07) is 5.31. The summed E-state index contributed by atoms with van der Waals surface area (Å²) in [5.74, 6) is 0. The topological polar surface area (TPSA) is 17.1 Å². The summed E-state index contributed by atoms with van der Waals surface area (Å²) in [6.45, 7) is 0. The second-order valence-electron chi connectivity index (χ2n) is 1.99. The zero-order chi connectivity index (χ0) is 9.14. The Balaban J connectivity index is 3.21. The molecular formula is C7H3BrCl2OSe. The van der Waals surface area contributed by atoms with Crippen molar-refractivity contribution in [3.05, 3.63) is 28.2 Å². The van der Waals surface area contributed by atoms with Gasteiger partial charge in [0.15, 0.2) is 0 Å². The first kappa shape index (κ1) is 10.5. The molecule has 64 valence electrons. The molecule has 0 spiro atoms. The Hall–Kier alpha value is 0.469. The minimum absolute atomic E-state index is 0.222. The number of halogens is 3. The van der Waals surface area contributed by atoms with Crippen LogP contribution in [0.3, 0.4) is 0 Å². The number of hydrogen-bond donors (Lipinski definition) is 0. The van der Waals surface area contributed by atoms with Crippen molar-refractivity contribution >= 4 is 61.4 Å². The summed E-state index contributed by atoms with van der Waals surface area (Å²) in [7, 11) is 5.66. The molecule has 0 heterocycles. The first-order valence-electron chi connectivity index (χ1n) is 2.93. The number of rotatable bonds is 2. The molecule has 5 heteroatoms. The van der Waals surface area contributed by atoms with Crippen LogP contribution in [0.25, 0.3) is 0 Å². The molecule has 0 bridgehead atoms. The third kappa shape index (κ3) is 2.48. The van der Waals surface area contributed by atoms with Crippen molar-refractivity contribution in [2.45, 2.75) is 0 Å². The van der Waals surface area contributed by atoms with E-state index in [0.717, 1.165) is 8.93 Å². The molecule has 0 fully saturated rings. The van der Waals surface area contributed by atoms with Gasteiger partial charge in [0.2, 0.25) is 0 Å². The number of hydrogen-bond acceptors (Lipinski definition) is 1. The van der Waals surface area contributed by atoms with E-state index in [1.165, 1.54) is 0 Å². The monoisotopic (exact) mass is 332 g/mol. The molecule has 0 saturated heterocycles. The molecule has 1 rings (SSSR count). The van der Waals surface area contributed by atoms with Crippen molar-refractivity contribution in [2.24, 2.45) is 0 Å². The van der Waals surface area contributed by atoms with E-state index < -0.39 is 5.24 Å². The zero-order valence-electron chi connectivity index (χ0n) is 5.68. The van der Waals surface area contributed by atoms with E-state index in [2.05, 4.69) is 15.9 Å². The molecule has 0 aromatic heterocycles.